The fourth-order valence-corrected chi connectivity index (χ4v) is 1.96. The Hall–Kier alpha value is -2.94. The van der Waals surface area contributed by atoms with Crippen molar-refractivity contribution in [2.45, 2.75) is 38.8 Å². The summed E-state index contributed by atoms with van der Waals surface area (Å²) in [7, 11) is 0. The highest BCUT2D eigenvalue weighted by Gasteiger charge is 2.21. The molecule has 1 aromatic carbocycles. The first-order valence-electron chi connectivity index (χ1n) is 7.91. The van der Waals surface area contributed by atoms with Gasteiger partial charge in [-0.3, -0.25) is 9.59 Å². The molecular formula is C17H19FN4O4. The molecule has 0 aliphatic heterocycles. The Labute approximate surface area is 149 Å². The SMILES string of the molecule is C=C(c1nnn(C(C)C)n1)C(O)CC(=O)CC(=O)Oc1ccc(F)cc1. The molecule has 9 heteroatoms. The van der Waals surface area contributed by atoms with E-state index in [1.54, 1.807) is 0 Å². The normalized spacial score (nSPS) is 12.0. The Kier molecular flexibility index (Phi) is 6.29. The van der Waals surface area contributed by atoms with Crippen molar-refractivity contribution in [3.8, 4) is 5.75 Å². The lowest BCUT2D eigenvalue weighted by molar-refractivity contribution is -0.138. The Morgan fingerprint density at radius 2 is 1.96 bits per heavy atom. The molecule has 138 valence electrons. The first kappa shape index (κ1) is 19.4. The number of esters is 1. The second-order valence-electron chi connectivity index (χ2n) is 5.92. The minimum Gasteiger partial charge on any atom is -0.426 e. The summed E-state index contributed by atoms with van der Waals surface area (Å²) in [6.45, 7) is 7.40. The molecule has 0 amide bonds. The van der Waals surface area contributed by atoms with Gasteiger partial charge in [-0.1, -0.05) is 6.58 Å². The van der Waals surface area contributed by atoms with Crippen molar-refractivity contribution in [3.05, 3.63) is 42.5 Å². The summed E-state index contributed by atoms with van der Waals surface area (Å²) in [6, 6.07) is 4.81. The summed E-state index contributed by atoms with van der Waals surface area (Å²) >= 11 is 0. The number of aliphatic hydroxyl groups is 1. The number of ketones is 1. The van der Waals surface area contributed by atoms with E-state index >= 15 is 0 Å². The van der Waals surface area contributed by atoms with Gasteiger partial charge in [0.05, 0.1) is 12.1 Å². The van der Waals surface area contributed by atoms with Gasteiger partial charge in [0, 0.05) is 12.0 Å². The van der Waals surface area contributed by atoms with Crippen molar-refractivity contribution in [2.75, 3.05) is 0 Å². The number of carbonyl (C=O) groups excluding carboxylic acids is 2. The fraction of sp³-hybridized carbons (Fsp3) is 0.353. The highest BCUT2D eigenvalue weighted by Crippen LogP contribution is 2.16. The lowest BCUT2D eigenvalue weighted by Gasteiger charge is -2.10. The van der Waals surface area contributed by atoms with Crippen molar-refractivity contribution >= 4 is 17.3 Å². The molecule has 8 nitrogen and oxygen atoms in total. The lowest BCUT2D eigenvalue weighted by atomic mass is 10.0. The molecule has 1 unspecified atom stereocenters. The third-order valence-electron chi connectivity index (χ3n) is 3.39. The number of aromatic nitrogens is 4. The van der Waals surface area contributed by atoms with Gasteiger partial charge in [0.1, 0.15) is 23.8 Å². The van der Waals surface area contributed by atoms with Crippen LogP contribution in [0.5, 0.6) is 5.75 Å². The number of carbonyl (C=O) groups is 2. The molecule has 26 heavy (non-hydrogen) atoms. The van der Waals surface area contributed by atoms with Crippen LogP contribution >= 0.6 is 0 Å². The first-order chi connectivity index (χ1) is 12.3. The van der Waals surface area contributed by atoms with Crippen LogP contribution in [-0.2, 0) is 9.59 Å². The number of aliphatic hydroxyl groups excluding tert-OH is 1. The number of Topliss-reactive ketones (excluding diaryl/α,β-unsaturated/α-hetero) is 1. The molecule has 0 saturated heterocycles. The molecule has 0 spiro atoms. The Morgan fingerprint density at radius 3 is 2.54 bits per heavy atom. The van der Waals surface area contributed by atoms with E-state index in [1.165, 1.54) is 16.9 Å². The molecule has 0 aliphatic rings. The Morgan fingerprint density at radius 1 is 1.31 bits per heavy atom. The number of hydrogen-bond acceptors (Lipinski definition) is 7. The van der Waals surface area contributed by atoms with E-state index in [-0.39, 0.29) is 29.6 Å². The highest BCUT2D eigenvalue weighted by atomic mass is 19.1. The molecule has 0 radical (unpaired) electrons. The zero-order valence-corrected chi connectivity index (χ0v) is 14.4. The minimum atomic E-state index is -1.24. The van der Waals surface area contributed by atoms with Crippen molar-refractivity contribution < 1.29 is 23.8 Å². The van der Waals surface area contributed by atoms with E-state index in [0.29, 0.717) is 0 Å². The summed E-state index contributed by atoms with van der Waals surface area (Å²) in [5.41, 5.74) is 0.136. The van der Waals surface area contributed by atoms with Gasteiger partial charge in [-0.2, -0.15) is 4.80 Å². The maximum atomic E-state index is 12.8. The van der Waals surface area contributed by atoms with Crippen LogP contribution < -0.4 is 4.74 Å². The van der Waals surface area contributed by atoms with Gasteiger partial charge >= 0.3 is 5.97 Å². The molecular weight excluding hydrogens is 343 g/mol. The second kappa shape index (κ2) is 8.43. The van der Waals surface area contributed by atoms with E-state index < -0.39 is 30.1 Å². The lowest BCUT2D eigenvalue weighted by Crippen LogP contribution is -2.20. The van der Waals surface area contributed by atoms with Crippen LogP contribution in [0.25, 0.3) is 5.57 Å². The van der Waals surface area contributed by atoms with E-state index in [9.17, 15) is 19.1 Å². The molecule has 1 atom stereocenters. The molecule has 1 heterocycles. The van der Waals surface area contributed by atoms with E-state index in [0.717, 1.165) is 12.1 Å². The summed E-state index contributed by atoms with van der Waals surface area (Å²) in [5.74, 6) is -1.55. The predicted molar refractivity (Wildman–Crippen MR) is 89.5 cm³/mol. The average molecular weight is 362 g/mol. The zero-order valence-electron chi connectivity index (χ0n) is 14.4. The van der Waals surface area contributed by atoms with Gasteiger partial charge in [0.15, 0.2) is 0 Å². The van der Waals surface area contributed by atoms with Gasteiger partial charge in [-0.25, -0.2) is 4.39 Å². The third-order valence-corrected chi connectivity index (χ3v) is 3.39. The predicted octanol–water partition coefficient (Wildman–Crippen LogP) is 1.72. The van der Waals surface area contributed by atoms with Crippen LogP contribution in [0.3, 0.4) is 0 Å². The average Bonchev–Trinajstić information content (AvgIpc) is 3.06. The first-order valence-corrected chi connectivity index (χ1v) is 7.91. The van der Waals surface area contributed by atoms with Gasteiger partial charge in [0.25, 0.3) is 0 Å². The van der Waals surface area contributed by atoms with E-state index in [2.05, 4.69) is 22.0 Å². The second-order valence-corrected chi connectivity index (χ2v) is 5.92. The number of hydrogen-bond donors (Lipinski definition) is 1. The maximum absolute atomic E-state index is 12.8. The molecule has 0 fully saturated rings. The van der Waals surface area contributed by atoms with Crippen LogP contribution in [0, 0.1) is 5.82 Å². The molecule has 0 bridgehead atoms. The molecule has 1 aromatic heterocycles. The number of rotatable bonds is 8. The van der Waals surface area contributed by atoms with Crippen LogP contribution in [0.2, 0.25) is 0 Å². The number of tetrazole rings is 1. The van der Waals surface area contributed by atoms with Gasteiger partial charge in [-0.05, 0) is 43.3 Å². The molecule has 0 saturated carbocycles. The molecule has 2 rings (SSSR count). The summed E-state index contributed by atoms with van der Waals surface area (Å²) in [4.78, 5) is 25.0. The van der Waals surface area contributed by atoms with Crippen LogP contribution in [0.1, 0.15) is 38.6 Å². The van der Waals surface area contributed by atoms with Crippen molar-refractivity contribution in [1.82, 2.24) is 20.2 Å². The number of nitrogens with zero attached hydrogens (tertiary/aromatic N) is 4. The summed E-state index contributed by atoms with van der Waals surface area (Å²) < 4.78 is 17.7. The molecule has 1 N–H and O–H groups in total. The fourth-order valence-electron chi connectivity index (χ4n) is 1.96. The third kappa shape index (κ3) is 5.28. The van der Waals surface area contributed by atoms with Crippen molar-refractivity contribution in [3.63, 3.8) is 0 Å². The van der Waals surface area contributed by atoms with Gasteiger partial charge in [0.2, 0.25) is 5.82 Å². The quantitative estimate of drug-likeness (QED) is 0.433. The molecule has 2 aromatic rings. The van der Waals surface area contributed by atoms with Crippen LogP contribution in [0.15, 0.2) is 30.8 Å². The van der Waals surface area contributed by atoms with Gasteiger partial charge < -0.3 is 9.84 Å². The minimum absolute atomic E-state index is 0.0101. The van der Waals surface area contributed by atoms with Gasteiger partial charge in [-0.15, -0.1) is 10.2 Å². The van der Waals surface area contributed by atoms with E-state index in [4.69, 9.17) is 4.74 Å². The molecule has 0 aliphatic carbocycles. The smallest absolute Gasteiger partial charge is 0.318 e. The van der Waals surface area contributed by atoms with Crippen molar-refractivity contribution in [1.29, 1.82) is 0 Å². The standard InChI is InChI=1S/C17H19FN4O4/c1-10(2)22-20-17(19-21-22)11(3)15(24)8-13(23)9-16(25)26-14-6-4-12(18)5-7-14/h4-7,10,15,24H,3,8-9H2,1-2H3. The Bertz CT molecular complexity index is 801. The largest absolute Gasteiger partial charge is 0.426 e. The Balaban J connectivity index is 1.86. The highest BCUT2D eigenvalue weighted by molar-refractivity contribution is 5.97. The number of ether oxygens (including phenoxy) is 1. The maximum Gasteiger partial charge on any atom is 0.318 e. The summed E-state index contributed by atoms with van der Waals surface area (Å²) in [6.07, 6.45) is -2.12. The van der Waals surface area contributed by atoms with E-state index in [1.807, 2.05) is 13.8 Å². The zero-order chi connectivity index (χ0) is 19.3. The number of benzene rings is 1. The van der Waals surface area contributed by atoms with Crippen LogP contribution in [0.4, 0.5) is 4.39 Å². The van der Waals surface area contributed by atoms with Crippen molar-refractivity contribution in [2.24, 2.45) is 0 Å². The number of halogens is 1. The van der Waals surface area contributed by atoms with Crippen LogP contribution in [-0.4, -0.2) is 43.2 Å². The monoisotopic (exact) mass is 362 g/mol. The summed E-state index contributed by atoms with van der Waals surface area (Å²) in [5, 5.41) is 21.8. The topological polar surface area (TPSA) is 107 Å².